The van der Waals surface area contributed by atoms with Crippen LogP contribution < -0.4 is 10.0 Å². The zero-order valence-electron chi connectivity index (χ0n) is 21.7. The number of piperidine rings is 1. The number of sulfonamides is 1. The van der Waals surface area contributed by atoms with Crippen molar-refractivity contribution in [2.75, 3.05) is 18.4 Å². The molecule has 3 rings (SSSR count). The molecule has 1 aliphatic heterocycles. The first-order chi connectivity index (χ1) is 16.8. The summed E-state index contributed by atoms with van der Waals surface area (Å²) in [6.07, 6.45) is 1.29. The summed E-state index contributed by atoms with van der Waals surface area (Å²) < 4.78 is 34.3. The van der Waals surface area contributed by atoms with Gasteiger partial charge in [-0.05, 0) is 82.7 Å². The molecule has 1 atom stereocenters. The Kier molecular flexibility index (Phi) is 8.79. The second-order valence-electron chi connectivity index (χ2n) is 10.4. The number of nitrogens with zero attached hydrogens (tertiary/aromatic N) is 1. The van der Waals surface area contributed by atoms with Gasteiger partial charge < -0.3 is 15.0 Å². The highest BCUT2D eigenvalue weighted by atomic mass is 32.2. The van der Waals surface area contributed by atoms with Crippen molar-refractivity contribution in [1.82, 2.24) is 9.62 Å². The Hall–Kier alpha value is -2.91. The molecule has 196 valence electrons. The third kappa shape index (κ3) is 7.80. The van der Waals surface area contributed by atoms with Gasteiger partial charge in [-0.1, -0.05) is 30.3 Å². The molecule has 2 aromatic rings. The third-order valence-electron chi connectivity index (χ3n) is 6.23. The van der Waals surface area contributed by atoms with E-state index in [-0.39, 0.29) is 35.3 Å². The van der Waals surface area contributed by atoms with Crippen LogP contribution >= 0.6 is 0 Å². The molecule has 2 amide bonds. The van der Waals surface area contributed by atoms with Crippen LogP contribution in [0.4, 0.5) is 10.5 Å². The smallest absolute Gasteiger partial charge is 0.410 e. The summed E-state index contributed by atoms with van der Waals surface area (Å²) in [7, 11) is -3.75. The van der Waals surface area contributed by atoms with Crippen LogP contribution in [0.2, 0.25) is 0 Å². The number of aryl methyl sites for hydroxylation is 1. The van der Waals surface area contributed by atoms with Crippen molar-refractivity contribution in [3.63, 3.8) is 0 Å². The van der Waals surface area contributed by atoms with E-state index in [1.165, 1.54) is 6.07 Å². The Morgan fingerprint density at radius 3 is 2.31 bits per heavy atom. The summed E-state index contributed by atoms with van der Waals surface area (Å²) in [4.78, 5) is 26.5. The summed E-state index contributed by atoms with van der Waals surface area (Å²) in [6, 6.07) is 13.8. The molecule has 0 radical (unpaired) electrons. The maximum Gasteiger partial charge on any atom is 0.410 e. The molecule has 0 bridgehead atoms. The molecular formula is C27H37N3O5S. The highest BCUT2D eigenvalue weighted by Gasteiger charge is 2.31. The Bertz CT molecular complexity index is 1170. The van der Waals surface area contributed by atoms with Gasteiger partial charge in [0.25, 0.3) is 0 Å². The first-order valence-corrected chi connectivity index (χ1v) is 13.8. The maximum absolute atomic E-state index is 13.1. The third-order valence-corrected chi connectivity index (χ3v) is 7.79. The molecular weight excluding hydrogens is 478 g/mol. The average Bonchev–Trinajstić information content (AvgIpc) is 2.79. The van der Waals surface area contributed by atoms with Gasteiger partial charge in [0.15, 0.2) is 0 Å². The number of carbonyl (C=O) groups is 2. The summed E-state index contributed by atoms with van der Waals surface area (Å²) in [5.74, 6) is -0.0551. The van der Waals surface area contributed by atoms with E-state index in [2.05, 4.69) is 10.0 Å². The fraction of sp³-hybridized carbons (Fsp3) is 0.481. The lowest BCUT2D eigenvalue weighted by Crippen LogP contribution is -2.46. The van der Waals surface area contributed by atoms with Gasteiger partial charge in [-0.2, -0.15) is 0 Å². The Morgan fingerprint density at radius 1 is 1.08 bits per heavy atom. The van der Waals surface area contributed by atoms with Crippen LogP contribution in [0.15, 0.2) is 53.4 Å². The Balaban J connectivity index is 1.56. The Labute approximate surface area is 214 Å². The van der Waals surface area contributed by atoms with Crippen molar-refractivity contribution in [1.29, 1.82) is 0 Å². The normalized spacial score (nSPS) is 15.9. The van der Waals surface area contributed by atoms with E-state index in [9.17, 15) is 18.0 Å². The van der Waals surface area contributed by atoms with Crippen molar-refractivity contribution < 1.29 is 22.7 Å². The van der Waals surface area contributed by atoms with Crippen LogP contribution in [0, 0.1) is 12.8 Å². The molecule has 36 heavy (non-hydrogen) atoms. The van der Waals surface area contributed by atoms with Gasteiger partial charge in [-0.3, -0.25) is 4.79 Å². The zero-order chi connectivity index (χ0) is 26.5. The van der Waals surface area contributed by atoms with Gasteiger partial charge in [-0.15, -0.1) is 0 Å². The van der Waals surface area contributed by atoms with E-state index < -0.39 is 15.6 Å². The summed E-state index contributed by atoms with van der Waals surface area (Å²) >= 11 is 0. The zero-order valence-corrected chi connectivity index (χ0v) is 22.5. The van der Waals surface area contributed by atoms with E-state index in [0.717, 1.165) is 5.56 Å². The lowest BCUT2D eigenvalue weighted by molar-refractivity contribution is -0.115. The van der Waals surface area contributed by atoms with Gasteiger partial charge in [0.05, 0.1) is 11.3 Å². The van der Waals surface area contributed by atoms with Crippen LogP contribution in [0.25, 0.3) is 0 Å². The van der Waals surface area contributed by atoms with Crippen LogP contribution in [0.5, 0.6) is 0 Å². The van der Waals surface area contributed by atoms with E-state index >= 15 is 0 Å². The predicted octanol–water partition coefficient (Wildman–Crippen LogP) is 4.49. The number of nitrogens with one attached hydrogen (secondary N) is 2. The molecule has 0 spiro atoms. The molecule has 8 nitrogen and oxygen atoms in total. The average molecular weight is 516 g/mol. The van der Waals surface area contributed by atoms with Crippen molar-refractivity contribution in [2.45, 2.75) is 70.4 Å². The van der Waals surface area contributed by atoms with Crippen LogP contribution in [-0.2, 0) is 26.0 Å². The summed E-state index contributed by atoms with van der Waals surface area (Å²) in [5, 5.41) is 2.86. The number of amides is 2. The minimum absolute atomic E-state index is 0.108. The number of hydrogen-bond donors (Lipinski definition) is 2. The first kappa shape index (κ1) is 27.7. The van der Waals surface area contributed by atoms with Crippen LogP contribution in [-0.4, -0.2) is 50.1 Å². The highest BCUT2D eigenvalue weighted by Crippen LogP contribution is 2.25. The molecule has 1 heterocycles. The van der Waals surface area contributed by atoms with Crippen LogP contribution in [0.3, 0.4) is 0 Å². The molecule has 0 aromatic heterocycles. The molecule has 1 saturated heterocycles. The fourth-order valence-electron chi connectivity index (χ4n) is 4.24. The van der Waals surface area contributed by atoms with E-state index in [1.54, 1.807) is 24.0 Å². The number of hydrogen-bond acceptors (Lipinski definition) is 5. The molecule has 0 saturated carbocycles. The number of rotatable bonds is 7. The molecule has 9 heteroatoms. The second kappa shape index (κ2) is 11.4. The van der Waals surface area contributed by atoms with Crippen molar-refractivity contribution >= 4 is 27.7 Å². The quantitative estimate of drug-likeness (QED) is 0.565. The molecule has 0 aliphatic carbocycles. The fourth-order valence-corrected chi connectivity index (χ4v) is 5.63. The first-order valence-electron chi connectivity index (χ1n) is 12.3. The van der Waals surface area contributed by atoms with Crippen molar-refractivity contribution in [3.8, 4) is 0 Å². The van der Waals surface area contributed by atoms with Crippen molar-refractivity contribution in [3.05, 3.63) is 59.7 Å². The molecule has 1 fully saturated rings. The minimum Gasteiger partial charge on any atom is -0.444 e. The summed E-state index contributed by atoms with van der Waals surface area (Å²) in [6.45, 7) is 10.2. The Morgan fingerprint density at radius 2 is 1.72 bits per heavy atom. The standard InChI is InChI=1S/C27H37N3O5S/c1-19-17-23(11-12-24(19)28-25(31)18-21-9-7-6-8-10-21)36(33,34)29-20(2)22-13-15-30(16-14-22)26(32)35-27(3,4)5/h6-12,17,20,22,29H,13-16,18H2,1-5H3,(H,28,31)/t20-/m1/s1. The SMILES string of the molecule is Cc1cc(S(=O)(=O)N[C@H](C)C2CCN(C(=O)OC(C)(C)C)CC2)ccc1NC(=O)Cc1ccccc1. The topological polar surface area (TPSA) is 105 Å². The molecule has 2 N–H and O–H groups in total. The monoisotopic (exact) mass is 515 g/mol. The minimum atomic E-state index is -3.75. The lowest BCUT2D eigenvalue weighted by atomic mass is 9.91. The maximum atomic E-state index is 13.1. The van der Waals surface area contributed by atoms with Crippen LogP contribution in [0.1, 0.15) is 51.7 Å². The molecule has 2 aromatic carbocycles. The van der Waals surface area contributed by atoms with Gasteiger partial charge >= 0.3 is 6.09 Å². The van der Waals surface area contributed by atoms with E-state index in [4.69, 9.17) is 4.74 Å². The summed E-state index contributed by atoms with van der Waals surface area (Å²) in [5.41, 5.74) is 1.60. The second-order valence-corrected chi connectivity index (χ2v) is 12.1. The molecule has 0 unspecified atom stereocenters. The number of ether oxygens (including phenoxy) is 1. The van der Waals surface area contributed by atoms with E-state index in [1.807, 2.05) is 58.0 Å². The van der Waals surface area contributed by atoms with Gasteiger partial charge in [0.1, 0.15) is 5.60 Å². The predicted molar refractivity (Wildman–Crippen MR) is 140 cm³/mol. The lowest BCUT2D eigenvalue weighted by Gasteiger charge is -2.35. The number of carbonyl (C=O) groups excluding carboxylic acids is 2. The van der Waals surface area contributed by atoms with Gasteiger partial charge in [0.2, 0.25) is 15.9 Å². The van der Waals surface area contributed by atoms with E-state index in [0.29, 0.717) is 37.2 Å². The number of anilines is 1. The van der Waals surface area contributed by atoms with Gasteiger partial charge in [-0.25, -0.2) is 17.9 Å². The number of benzene rings is 2. The molecule has 1 aliphatic rings. The largest absolute Gasteiger partial charge is 0.444 e. The van der Waals surface area contributed by atoms with Crippen molar-refractivity contribution in [2.24, 2.45) is 5.92 Å². The number of likely N-dealkylation sites (tertiary alicyclic amines) is 1. The highest BCUT2D eigenvalue weighted by molar-refractivity contribution is 7.89. The van der Waals surface area contributed by atoms with Gasteiger partial charge in [0, 0.05) is 24.8 Å².